The minimum Gasteiger partial charge on any atom is -0.339 e. The van der Waals surface area contributed by atoms with Crippen LogP contribution in [0.1, 0.15) is 18.4 Å². The van der Waals surface area contributed by atoms with Gasteiger partial charge in [0, 0.05) is 50.5 Å². The lowest BCUT2D eigenvalue weighted by Gasteiger charge is -2.33. The van der Waals surface area contributed by atoms with Gasteiger partial charge < -0.3 is 10.2 Å². The molecule has 0 radical (unpaired) electrons. The van der Waals surface area contributed by atoms with Gasteiger partial charge in [-0.25, -0.2) is 19.0 Å². The summed E-state index contributed by atoms with van der Waals surface area (Å²) in [6, 6.07) is 8.80. The minimum atomic E-state index is -0.235. The molecule has 0 saturated carbocycles. The number of benzene rings is 1. The molecule has 26 heavy (non-hydrogen) atoms. The van der Waals surface area contributed by atoms with Gasteiger partial charge in [-0.3, -0.25) is 0 Å². The largest absolute Gasteiger partial charge is 0.339 e. The second-order valence-corrected chi connectivity index (χ2v) is 6.44. The van der Waals surface area contributed by atoms with Crippen molar-refractivity contribution in [2.75, 3.05) is 18.0 Å². The van der Waals surface area contributed by atoms with Crippen molar-refractivity contribution in [3.8, 4) is 5.69 Å². The van der Waals surface area contributed by atoms with Crippen LogP contribution < -0.4 is 10.2 Å². The summed E-state index contributed by atoms with van der Waals surface area (Å²) in [6.45, 7) is 2.39. The molecule has 1 atom stereocenters. The number of halogens is 1. The highest BCUT2D eigenvalue weighted by atomic mass is 19.1. The van der Waals surface area contributed by atoms with Crippen LogP contribution >= 0.6 is 0 Å². The third kappa shape index (κ3) is 3.72. The van der Waals surface area contributed by atoms with Crippen LogP contribution in [0.25, 0.3) is 5.69 Å². The molecule has 1 aliphatic rings. The smallest absolute Gasteiger partial charge is 0.225 e. The van der Waals surface area contributed by atoms with E-state index in [2.05, 4.69) is 25.3 Å². The molecule has 1 aliphatic heterocycles. The van der Waals surface area contributed by atoms with Gasteiger partial charge in [0.1, 0.15) is 5.82 Å². The van der Waals surface area contributed by atoms with Gasteiger partial charge in [0.05, 0.1) is 5.69 Å². The highest BCUT2D eigenvalue weighted by Gasteiger charge is 2.21. The van der Waals surface area contributed by atoms with Crippen molar-refractivity contribution in [1.82, 2.24) is 25.1 Å². The van der Waals surface area contributed by atoms with E-state index in [1.807, 2.05) is 18.3 Å². The lowest BCUT2D eigenvalue weighted by Crippen LogP contribution is -2.46. The molecule has 0 amide bonds. The number of hydrogen-bond acceptors (Lipinski definition) is 5. The first-order chi connectivity index (χ1) is 12.8. The Morgan fingerprint density at radius 3 is 2.85 bits per heavy atom. The van der Waals surface area contributed by atoms with Crippen molar-refractivity contribution in [1.29, 1.82) is 0 Å². The second kappa shape index (κ2) is 7.61. The van der Waals surface area contributed by atoms with Gasteiger partial charge >= 0.3 is 0 Å². The Morgan fingerprint density at radius 2 is 2.04 bits per heavy atom. The van der Waals surface area contributed by atoms with Crippen LogP contribution in [-0.4, -0.2) is 38.9 Å². The summed E-state index contributed by atoms with van der Waals surface area (Å²) in [6.07, 6.45) is 9.27. The van der Waals surface area contributed by atoms with E-state index in [0.29, 0.717) is 12.6 Å². The Kier molecular flexibility index (Phi) is 4.88. The zero-order valence-corrected chi connectivity index (χ0v) is 14.4. The number of aromatic nitrogens is 4. The Bertz CT molecular complexity index is 837. The molecule has 4 rings (SSSR count). The number of hydrogen-bond donors (Lipinski definition) is 1. The molecule has 1 unspecified atom stereocenters. The Hall–Kier alpha value is -2.80. The summed E-state index contributed by atoms with van der Waals surface area (Å²) in [7, 11) is 0. The van der Waals surface area contributed by atoms with Crippen LogP contribution in [0.2, 0.25) is 0 Å². The lowest BCUT2D eigenvalue weighted by atomic mass is 10.1. The fraction of sp³-hybridized carbons (Fsp3) is 0.316. The normalized spacial score (nSPS) is 17.4. The third-order valence-electron chi connectivity index (χ3n) is 4.63. The molecule has 0 spiro atoms. The predicted molar refractivity (Wildman–Crippen MR) is 97.6 cm³/mol. The van der Waals surface area contributed by atoms with Crippen LogP contribution in [0.3, 0.4) is 0 Å². The standard InChI is InChI=1S/C19H21FN6/c20-16-5-6-18(26-11-3-9-24-26)15(12-16)13-23-17-4-1-10-25(14-17)19-21-7-2-8-22-19/h2-3,5-9,11-12,17,23H,1,4,10,13-14H2. The van der Waals surface area contributed by atoms with Gasteiger partial charge in [-0.15, -0.1) is 0 Å². The first-order valence-corrected chi connectivity index (χ1v) is 8.83. The first-order valence-electron chi connectivity index (χ1n) is 8.83. The van der Waals surface area contributed by atoms with Gasteiger partial charge in [0.2, 0.25) is 5.95 Å². The molecule has 1 fully saturated rings. The molecule has 6 nitrogen and oxygen atoms in total. The molecule has 3 heterocycles. The van der Waals surface area contributed by atoms with Crippen molar-refractivity contribution >= 4 is 5.95 Å². The van der Waals surface area contributed by atoms with Crippen molar-refractivity contribution in [2.45, 2.75) is 25.4 Å². The maximum absolute atomic E-state index is 13.8. The lowest BCUT2D eigenvalue weighted by molar-refractivity contribution is 0.417. The summed E-state index contributed by atoms with van der Waals surface area (Å²) in [4.78, 5) is 10.9. The number of rotatable bonds is 5. The van der Waals surface area contributed by atoms with E-state index in [-0.39, 0.29) is 5.82 Å². The fourth-order valence-corrected chi connectivity index (χ4v) is 3.36. The van der Waals surface area contributed by atoms with E-state index >= 15 is 0 Å². The molecular weight excluding hydrogens is 331 g/mol. The maximum Gasteiger partial charge on any atom is 0.225 e. The van der Waals surface area contributed by atoms with Crippen LogP contribution in [0.15, 0.2) is 55.1 Å². The van der Waals surface area contributed by atoms with E-state index in [9.17, 15) is 4.39 Å². The SMILES string of the molecule is Fc1ccc(-n2cccn2)c(CNC2CCCN(c3ncccn3)C2)c1. The topological polar surface area (TPSA) is 58.9 Å². The van der Waals surface area contributed by atoms with Crippen LogP contribution in [0.4, 0.5) is 10.3 Å². The average Bonchev–Trinajstić information content (AvgIpc) is 3.22. The van der Waals surface area contributed by atoms with E-state index in [1.165, 1.54) is 6.07 Å². The molecule has 1 aromatic carbocycles. The number of anilines is 1. The molecule has 7 heteroatoms. The molecular formula is C19H21FN6. The molecule has 0 aliphatic carbocycles. The first kappa shape index (κ1) is 16.7. The number of nitrogens with zero attached hydrogens (tertiary/aromatic N) is 5. The zero-order valence-electron chi connectivity index (χ0n) is 14.4. The van der Waals surface area contributed by atoms with Gasteiger partial charge in [0.15, 0.2) is 0 Å². The quantitative estimate of drug-likeness (QED) is 0.765. The Balaban J connectivity index is 1.45. The fourth-order valence-electron chi connectivity index (χ4n) is 3.36. The Morgan fingerprint density at radius 1 is 1.15 bits per heavy atom. The highest BCUT2D eigenvalue weighted by Crippen LogP contribution is 2.18. The third-order valence-corrected chi connectivity index (χ3v) is 4.63. The maximum atomic E-state index is 13.8. The molecule has 3 aromatic rings. The summed E-state index contributed by atoms with van der Waals surface area (Å²) in [5, 5.41) is 7.83. The van der Waals surface area contributed by atoms with Crippen LogP contribution in [0, 0.1) is 5.82 Å². The summed E-state index contributed by atoms with van der Waals surface area (Å²) in [5.41, 5.74) is 1.78. The summed E-state index contributed by atoms with van der Waals surface area (Å²) >= 11 is 0. The average molecular weight is 352 g/mol. The zero-order chi connectivity index (χ0) is 17.8. The minimum absolute atomic E-state index is 0.235. The summed E-state index contributed by atoms with van der Waals surface area (Å²) < 4.78 is 15.5. The molecule has 1 saturated heterocycles. The van der Waals surface area contributed by atoms with Crippen LogP contribution in [0.5, 0.6) is 0 Å². The van der Waals surface area contributed by atoms with Crippen molar-refractivity contribution in [2.24, 2.45) is 0 Å². The van der Waals surface area contributed by atoms with Gasteiger partial charge in [-0.05, 0) is 48.7 Å². The number of nitrogens with one attached hydrogen (secondary N) is 1. The molecule has 1 N–H and O–H groups in total. The molecule has 2 aromatic heterocycles. The van der Waals surface area contributed by atoms with E-state index in [1.54, 1.807) is 35.4 Å². The van der Waals surface area contributed by atoms with E-state index in [0.717, 1.165) is 43.1 Å². The summed E-state index contributed by atoms with van der Waals surface area (Å²) in [5.74, 6) is 0.530. The molecule has 134 valence electrons. The second-order valence-electron chi connectivity index (χ2n) is 6.44. The number of piperidine rings is 1. The van der Waals surface area contributed by atoms with E-state index < -0.39 is 0 Å². The van der Waals surface area contributed by atoms with Crippen molar-refractivity contribution < 1.29 is 4.39 Å². The highest BCUT2D eigenvalue weighted by molar-refractivity contribution is 5.40. The molecule has 0 bridgehead atoms. The van der Waals surface area contributed by atoms with E-state index in [4.69, 9.17) is 0 Å². The Labute approximate surface area is 151 Å². The van der Waals surface area contributed by atoms with Crippen LogP contribution in [-0.2, 0) is 6.54 Å². The predicted octanol–water partition coefficient (Wildman–Crippen LogP) is 2.56. The van der Waals surface area contributed by atoms with Crippen molar-refractivity contribution in [3.63, 3.8) is 0 Å². The van der Waals surface area contributed by atoms with Gasteiger partial charge in [-0.2, -0.15) is 5.10 Å². The van der Waals surface area contributed by atoms with Gasteiger partial charge in [0.25, 0.3) is 0 Å². The van der Waals surface area contributed by atoms with Gasteiger partial charge in [-0.1, -0.05) is 0 Å². The monoisotopic (exact) mass is 352 g/mol. The van der Waals surface area contributed by atoms with Crippen molar-refractivity contribution in [3.05, 3.63) is 66.5 Å².